The van der Waals surface area contributed by atoms with Crippen molar-refractivity contribution in [2.75, 3.05) is 26.3 Å². The van der Waals surface area contributed by atoms with Gasteiger partial charge in [-0.15, -0.1) is 0 Å². The number of rotatable bonds is 6. The summed E-state index contributed by atoms with van der Waals surface area (Å²) in [7, 11) is 0. The van der Waals surface area contributed by atoms with E-state index in [1.165, 1.54) is 0 Å². The summed E-state index contributed by atoms with van der Waals surface area (Å²) in [6, 6.07) is -2.30. The second kappa shape index (κ2) is 8.46. The largest absolute Gasteiger partial charge is 0.480 e. The van der Waals surface area contributed by atoms with Gasteiger partial charge < -0.3 is 25.4 Å². The topological polar surface area (TPSA) is 108 Å². The lowest BCUT2D eigenvalue weighted by Gasteiger charge is -2.29. The van der Waals surface area contributed by atoms with Crippen LogP contribution in [0.5, 0.6) is 0 Å². The fourth-order valence-electron chi connectivity index (χ4n) is 2.06. The third-order valence-corrected chi connectivity index (χ3v) is 3.22. The van der Waals surface area contributed by atoms with Gasteiger partial charge >= 0.3 is 12.0 Å². The van der Waals surface area contributed by atoms with Gasteiger partial charge in [-0.3, -0.25) is 4.79 Å². The smallest absolute Gasteiger partial charge is 0.326 e. The highest BCUT2D eigenvalue weighted by atomic mass is 16.5. The van der Waals surface area contributed by atoms with Crippen molar-refractivity contribution in [2.24, 2.45) is 0 Å². The summed E-state index contributed by atoms with van der Waals surface area (Å²) in [4.78, 5) is 36.4. The van der Waals surface area contributed by atoms with Crippen LogP contribution in [0.1, 0.15) is 26.7 Å². The number of carbonyl (C=O) groups excluding carboxylic acids is 2. The van der Waals surface area contributed by atoms with Gasteiger partial charge in [-0.1, -0.05) is 13.3 Å². The number of carbonyl (C=O) groups is 3. The Hall–Kier alpha value is -1.83. The van der Waals surface area contributed by atoms with E-state index in [0.29, 0.717) is 39.1 Å². The van der Waals surface area contributed by atoms with E-state index >= 15 is 0 Å². The molecule has 0 aromatic rings. The highest BCUT2D eigenvalue weighted by molar-refractivity contribution is 5.88. The Morgan fingerprint density at radius 1 is 1.24 bits per heavy atom. The Kier molecular flexibility index (Phi) is 6.93. The molecule has 2 atom stereocenters. The number of aliphatic carboxylic acids is 1. The molecule has 3 amide bonds. The van der Waals surface area contributed by atoms with Crippen LogP contribution in [0.15, 0.2) is 0 Å². The minimum atomic E-state index is -1.08. The van der Waals surface area contributed by atoms with Gasteiger partial charge in [0.05, 0.1) is 13.2 Å². The van der Waals surface area contributed by atoms with Crippen molar-refractivity contribution in [3.05, 3.63) is 0 Å². The molecule has 1 aliphatic heterocycles. The van der Waals surface area contributed by atoms with Gasteiger partial charge in [0.15, 0.2) is 0 Å². The molecule has 1 aliphatic rings. The van der Waals surface area contributed by atoms with Gasteiger partial charge in [0.1, 0.15) is 12.1 Å². The van der Waals surface area contributed by atoms with E-state index in [0.717, 1.165) is 0 Å². The van der Waals surface area contributed by atoms with E-state index in [9.17, 15) is 14.4 Å². The summed E-state index contributed by atoms with van der Waals surface area (Å²) in [6.45, 7) is 5.39. The molecule has 8 nitrogen and oxygen atoms in total. The van der Waals surface area contributed by atoms with Crippen molar-refractivity contribution in [2.45, 2.75) is 38.8 Å². The monoisotopic (exact) mass is 301 g/mol. The quantitative estimate of drug-likeness (QED) is 0.629. The van der Waals surface area contributed by atoms with Gasteiger partial charge in [0, 0.05) is 13.1 Å². The molecule has 0 radical (unpaired) electrons. The Bertz CT molecular complexity index is 382. The van der Waals surface area contributed by atoms with Crippen LogP contribution in [0.4, 0.5) is 4.79 Å². The molecule has 1 saturated heterocycles. The number of ether oxygens (including phenoxy) is 1. The summed E-state index contributed by atoms with van der Waals surface area (Å²) >= 11 is 0. The summed E-state index contributed by atoms with van der Waals surface area (Å²) in [5.41, 5.74) is 0. The molecule has 0 aromatic carbocycles. The van der Waals surface area contributed by atoms with Gasteiger partial charge in [-0.05, 0) is 13.3 Å². The third-order valence-electron chi connectivity index (χ3n) is 3.22. The maximum atomic E-state index is 12.1. The van der Waals surface area contributed by atoms with Crippen LogP contribution in [0.25, 0.3) is 0 Å². The van der Waals surface area contributed by atoms with Crippen LogP contribution < -0.4 is 10.6 Å². The van der Waals surface area contributed by atoms with E-state index < -0.39 is 24.1 Å². The zero-order valence-electron chi connectivity index (χ0n) is 12.4. The van der Waals surface area contributed by atoms with E-state index in [-0.39, 0.29) is 5.91 Å². The van der Waals surface area contributed by atoms with Crippen molar-refractivity contribution < 1.29 is 24.2 Å². The summed E-state index contributed by atoms with van der Waals surface area (Å²) in [6.07, 6.45) is 0.980. The van der Waals surface area contributed by atoms with Crippen LogP contribution in [-0.4, -0.2) is 66.3 Å². The maximum absolute atomic E-state index is 12.1. The zero-order chi connectivity index (χ0) is 15.8. The summed E-state index contributed by atoms with van der Waals surface area (Å²) in [5.74, 6) is -1.28. The Morgan fingerprint density at radius 3 is 2.38 bits per heavy atom. The van der Waals surface area contributed by atoms with Gasteiger partial charge in [0.2, 0.25) is 5.91 Å². The highest BCUT2D eigenvalue weighted by Gasteiger charge is 2.25. The molecule has 0 aromatic heterocycles. The molecule has 0 saturated carbocycles. The predicted octanol–water partition coefficient (Wildman–Crippen LogP) is -0.214. The number of hydrogen-bond acceptors (Lipinski definition) is 4. The number of carboxylic acid groups (broad SMARTS) is 1. The number of carboxylic acids is 1. The number of nitrogens with one attached hydrogen (secondary N) is 2. The van der Waals surface area contributed by atoms with Gasteiger partial charge in [-0.25, -0.2) is 9.59 Å². The van der Waals surface area contributed by atoms with Crippen molar-refractivity contribution in [3.63, 3.8) is 0 Å². The first kappa shape index (κ1) is 17.2. The van der Waals surface area contributed by atoms with Crippen molar-refractivity contribution in [3.8, 4) is 0 Å². The molecule has 1 heterocycles. The summed E-state index contributed by atoms with van der Waals surface area (Å²) in [5, 5.41) is 13.8. The average molecular weight is 301 g/mol. The molecule has 21 heavy (non-hydrogen) atoms. The Morgan fingerprint density at radius 2 is 1.86 bits per heavy atom. The first-order valence-electron chi connectivity index (χ1n) is 7.12. The minimum Gasteiger partial charge on any atom is -0.480 e. The number of morpholine rings is 1. The van der Waals surface area contributed by atoms with Crippen LogP contribution in [0, 0.1) is 0 Å². The summed E-state index contributed by atoms with van der Waals surface area (Å²) < 4.78 is 5.16. The molecule has 1 rings (SSSR count). The van der Waals surface area contributed by atoms with E-state index in [1.54, 1.807) is 11.8 Å². The number of hydrogen-bond donors (Lipinski definition) is 3. The predicted molar refractivity (Wildman–Crippen MR) is 74.9 cm³/mol. The standard InChI is InChI=1S/C13H23N3O5/c1-3-4-10(12(18)19)15-13(20)14-9(2)11(17)16-5-7-21-8-6-16/h9-10H,3-8H2,1-2H3,(H,18,19)(H2,14,15,20)/t9?,10-/m0/s1. The fraction of sp³-hybridized carbons (Fsp3) is 0.769. The third kappa shape index (κ3) is 5.58. The SMILES string of the molecule is CCC[C@H](NC(=O)NC(C)C(=O)N1CCOCC1)C(=O)O. The molecule has 8 heteroatoms. The molecule has 120 valence electrons. The minimum absolute atomic E-state index is 0.198. The number of urea groups is 1. The van der Waals surface area contributed by atoms with E-state index in [1.807, 2.05) is 6.92 Å². The van der Waals surface area contributed by atoms with Crippen LogP contribution in [0.3, 0.4) is 0 Å². The first-order valence-corrected chi connectivity index (χ1v) is 7.12. The maximum Gasteiger partial charge on any atom is 0.326 e. The molecular formula is C13H23N3O5. The first-order chi connectivity index (χ1) is 9.95. The zero-order valence-corrected chi connectivity index (χ0v) is 12.4. The molecule has 0 bridgehead atoms. The fourth-order valence-corrected chi connectivity index (χ4v) is 2.06. The second-order valence-corrected chi connectivity index (χ2v) is 4.96. The lowest BCUT2D eigenvalue weighted by atomic mass is 10.2. The molecule has 1 unspecified atom stereocenters. The van der Waals surface area contributed by atoms with Crippen molar-refractivity contribution in [1.82, 2.24) is 15.5 Å². The number of amides is 3. The van der Waals surface area contributed by atoms with Crippen LogP contribution >= 0.6 is 0 Å². The van der Waals surface area contributed by atoms with Crippen molar-refractivity contribution in [1.29, 1.82) is 0 Å². The Labute approximate surface area is 123 Å². The Balaban J connectivity index is 2.45. The average Bonchev–Trinajstić information content (AvgIpc) is 2.46. The normalized spacial score (nSPS) is 17.7. The number of nitrogens with zero attached hydrogens (tertiary/aromatic N) is 1. The van der Waals surface area contributed by atoms with E-state index in [2.05, 4.69) is 10.6 Å². The van der Waals surface area contributed by atoms with Crippen LogP contribution in [-0.2, 0) is 14.3 Å². The lowest BCUT2D eigenvalue weighted by Crippen LogP contribution is -2.54. The van der Waals surface area contributed by atoms with Gasteiger partial charge in [-0.2, -0.15) is 0 Å². The lowest BCUT2D eigenvalue weighted by molar-refractivity contribution is -0.139. The molecule has 3 N–H and O–H groups in total. The molecule has 1 fully saturated rings. The van der Waals surface area contributed by atoms with Crippen molar-refractivity contribution >= 4 is 17.9 Å². The second-order valence-electron chi connectivity index (χ2n) is 4.96. The van der Waals surface area contributed by atoms with E-state index in [4.69, 9.17) is 9.84 Å². The van der Waals surface area contributed by atoms with Crippen LogP contribution in [0.2, 0.25) is 0 Å². The molecular weight excluding hydrogens is 278 g/mol. The molecule has 0 spiro atoms. The van der Waals surface area contributed by atoms with Gasteiger partial charge in [0.25, 0.3) is 0 Å². The molecule has 0 aliphatic carbocycles. The highest BCUT2D eigenvalue weighted by Crippen LogP contribution is 2.01.